The third-order valence-electron chi connectivity index (χ3n) is 3.23. The van der Waals surface area contributed by atoms with Gasteiger partial charge in [-0.15, -0.1) is 0 Å². The van der Waals surface area contributed by atoms with Gasteiger partial charge in [-0.3, -0.25) is 0 Å². The van der Waals surface area contributed by atoms with E-state index < -0.39 is 17.9 Å². The van der Waals surface area contributed by atoms with E-state index in [1.807, 2.05) is 0 Å². The average Bonchev–Trinajstić information content (AvgIpc) is 2.91. The van der Waals surface area contributed by atoms with Crippen LogP contribution < -0.4 is 0 Å². The zero-order chi connectivity index (χ0) is 15.1. The molecule has 21 heavy (non-hydrogen) atoms. The van der Waals surface area contributed by atoms with Crippen LogP contribution in [0.1, 0.15) is 29.3 Å². The summed E-state index contributed by atoms with van der Waals surface area (Å²) in [6, 6.07) is 5.51. The first-order valence-corrected chi connectivity index (χ1v) is 6.30. The number of aromatic nitrogens is 1. The van der Waals surface area contributed by atoms with Crippen LogP contribution in [0.3, 0.4) is 0 Å². The number of methoxy groups -OCH3 is 1. The Balaban J connectivity index is 2.45. The average molecular weight is 289 g/mol. The van der Waals surface area contributed by atoms with E-state index in [0.29, 0.717) is 21.9 Å². The Morgan fingerprint density at radius 2 is 2.14 bits per heavy atom. The van der Waals surface area contributed by atoms with E-state index in [4.69, 9.17) is 9.15 Å². The Morgan fingerprint density at radius 1 is 1.38 bits per heavy atom. The number of esters is 1. The molecule has 1 atom stereocenters. The molecule has 0 fully saturated rings. The molecule has 0 saturated heterocycles. The Morgan fingerprint density at radius 3 is 2.81 bits per heavy atom. The number of carbonyl (C=O) groups is 1. The molecule has 3 rings (SSSR count). The highest BCUT2D eigenvalue weighted by atomic mass is 19.1. The number of nitrogens with zero attached hydrogens (tertiary/aromatic N) is 1. The van der Waals surface area contributed by atoms with Crippen LogP contribution in [0.15, 0.2) is 28.7 Å². The number of halogens is 1. The standard InChI is InChI=1S/C15H12FNO4/c1-7(18)12-6-10-13(15(19)20-2)17-11-4-3-8(16)5-9(11)14(10)21-12/h3-7,18H,1-2H3. The van der Waals surface area contributed by atoms with Gasteiger partial charge in [0.25, 0.3) is 0 Å². The Bertz CT molecular complexity index is 854. The first-order valence-electron chi connectivity index (χ1n) is 6.30. The molecule has 5 nitrogen and oxygen atoms in total. The lowest BCUT2D eigenvalue weighted by Crippen LogP contribution is -2.05. The Labute approximate surface area is 119 Å². The lowest BCUT2D eigenvalue weighted by molar-refractivity contribution is 0.0597. The number of ether oxygens (including phenoxy) is 1. The maximum atomic E-state index is 13.4. The van der Waals surface area contributed by atoms with Gasteiger partial charge in [-0.25, -0.2) is 14.2 Å². The molecule has 0 aliphatic carbocycles. The molecule has 0 radical (unpaired) electrons. The van der Waals surface area contributed by atoms with Crippen LogP contribution in [0.5, 0.6) is 0 Å². The van der Waals surface area contributed by atoms with Crippen molar-refractivity contribution in [3.8, 4) is 0 Å². The summed E-state index contributed by atoms with van der Waals surface area (Å²) in [7, 11) is 1.25. The molecule has 108 valence electrons. The lowest BCUT2D eigenvalue weighted by atomic mass is 10.1. The molecule has 0 aliphatic heterocycles. The summed E-state index contributed by atoms with van der Waals surface area (Å²) < 4.78 is 23.7. The van der Waals surface area contributed by atoms with E-state index in [9.17, 15) is 14.3 Å². The van der Waals surface area contributed by atoms with Crippen LogP contribution in [0.4, 0.5) is 4.39 Å². The van der Waals surface area contributed by atoms with Crippen molar-refractivity contribution in [2.24, 2.45) is 0 Å². The number of pyridine rings is 1. The van der Waals surface area contributed by atoms with Gasteiger partial charge < -0.3 is 14.3 Å². The largest absolute Gasteiger partial charge is 0.464 e. The number of aliphatic hydroxyl groups is 1. The van der Waals surface area contributed by atoms with Crippen molar-refractivity contribution in [1.82, 2.24) is 4.98 Å². The third kappa shape index (κ3) is 2.13. The zero-order valence-electron chi connectivity index (χ0n) is 11.4. The minimum absolute atomic E-state index is 0.0715. The van der Waals surface area contributed by atoms with Crippen molar-refractivity contribution in [3.63, 3.8) is 0 Å². The van der Waals surface area contributed by atoms with Crippen LogP contribution in [-0.2, 0) is 4.74 Å². The van der Waals surface area contributed by atoms with E-state index in [-0.39, 0.29) is 11.5 Å². The van der Waals surface area contributed by atoms with Gasteiger partial charge in [-0.1, -0.05) is 0 Å². The molecule has 1 unspecified atom stereocenters. The van der Waals surface area contributed by atoms with Crippen molar-refractivity contribution >= 4 is 27.8 Å². The fraction of sp³-hybridized carbons (Fsp3) is 0.200. The van der Waals surface area contributed by atoms with Crippen molar-refractivity contribution in [2.75, 3.05) is 7.11 Å². The first-order chi connectivity index (χ1) is 10.0. The second-order valence-electron chi connectivity index (χ2n) is 4.68. The summed E-state index contributed by atoms with van der Waals surface area (Å²) in [6.07, 6.45) is -0.855. The van der Waals surface area contributed by atoms with Gasteiger partial charge in [0.15, 0.2) is 5.69 Å². The number of hydrogen-bond acceptors (Lipinski definition) is 5. The van der Waals surface area contributed by atoms with Gasteiger partial charge in [0.1, 0.15) is 23.3 Å². The molecule has 1 N–H and O–H groups in total. The molecule has 6 heteroatoms. The van der Waals surface area contributed by atoms with Gasteiger partial charge in [0.05, 0.1) is 18.0 Å². The minimum Gasteiger partial charge on any atom is -0.464 e. The number of fused-ring (bicyclic) bond motifs is 3. The minimum atomic E-state index is -0.855. The number of rotatable bonds is 2. The molecular formula is C15H12FNO4. The highest BCUT2D eigenvalue weighted by molar-refractivity contribution is 6.11. The number of benzene rings is 1. The highest BCUT2D eigenvalue weighted by Gasteiger charge is 2.21. The SMILES string of the molecule is COC(=O)c1nc2ccc(F)cc2c2oc(C(C)O)cc12. The van der Waals surface area contributed by atoms with Crippen molar-refractivity contribution in [3.05, 3.63) is 41.5 Å². The number of hydrogen-bond donors (Lipinski definition) is 1. The van der Waals surface area contributed by atoms with Crippen molar-refractivity contribution < 1.29 is 23.4 Å². The van der Waals surface area contributed by atoms with Gasteiger partial charge in [0, 0.05) is 5.39 Å². The summed E-state index contributed by atoms with van der Waals surface area (Å²) in [6.45, 7) is 1.53. The van der Waals surface area contributed by atoms with E-state index in [2.05, 4.69) is 4.98 Å². The Kier molecular flexibility index (Phi) is 3.10. The maximum Gasteiger partial charge on any atom is 0.357 e. The summed E-state index contributed by atoms with van der Waals surface area (Å²) in [5.74, 6) is -0.788. The normalized spacial score (nSPS) is 12.8. The molecule has 3 aromatic rings. The second-order valence-corrected chi connectivity index (χ2v) is 4.68. The number of furan rings is 1. The highest BCUT2D eigenvalue weighted by Crippen LogP contribution is 2.32. The maximum absolute atomic E-state index is 13.4. The summed E-state index contributed by atoms with van der Waals surface area (Å²) in [4.78, 5) is 16.1. The van der Waals surface area contributed by atoms with Crippen LogP contribution >= 0.6 is 0 Å². The topological polar surface area (TPSA) is 72.6 Å². The van der Waals surface area contributed by atoms with Gasteiger partial charge in [-0.2, -0.15) is 0 Å². The van der Waals surface area contributed by atoms with Crippen LogP contribution in [-0.4, -0.2) is 23.2 Å². The predicted octanol–water partition coefficient (Wildman–Crippen LogP) is 2.96. The molecule has 0 saturated carbocycles. The smallest absolute Gasteiger partial charge is 0.357 e. The van der Waals surface area contributed by atoms with Gasteiger partial charge >= 0.3 is 5.97 Å². The van der Waals surface area contributed by atoms with E-state index >= 15 is 0 Å². The van der Waals surface area contributed by atoms with E-state index in [1.165, 1.54) is 38.3 Å². The molecule has 2 aromatic heterocycles. The summed E-state index contributed by atoms with van der Waals surface area (Å²) >= 11 is 0. The summed E-state index contributed by atoms with van der Waals surface area (Å²) in [5, 5.41) is 10.5. The quantitative estimate of drug-likeness (QED) is 0.734. The van der Waals surface area contributed by atoms with Gasteiger partial charge in [0.2, 0.25) is 0 Å². The molecule has 0 amide bonds. The fourth-order valence-corrected chi connectivity index (χ4v) is 2.21. The lowest BCUT2D eigenvalue weighted by Gasteiger charge is -2.03. The monoisotopic (exact) mass is 289 g/mol. The van der Waals surface area contributed by atoms with Crippen LogP contribution in [0.25, 0.3) is 21.9 Å². The first kappa shape index (κ1) is 13.5. The molecule has 0 bridgehead atoms. The van der Waals surface area contributed by atoms with Crippen molar-refractivity contribution in [2.45, 2.75) is 13.0 Å². The zero-order valence-corrected chi connectivity index (χ0v) is 11.4. The van der Waals surface area contributed by atoms with Crippen molar-refractivity contribution in [1.29, 1.82) is 0 Å². The molecule has 1 aromatic carbocycles. The molecular weight excluding hydrogens is 277 g/mol. The number of aliphatic hydroxyl groups excluding tert-OH is 1. The molecule has 0 spiro atoms. The van der Waals surface area contributed by atoms with E-state index in [0.717, 1.165) is 0 Å². The number of carbonyl (C=O) groups excluding carboxylic acids is 1. The van der Waals surface area contributed by atoms with Crippen LogP contribution in [0, 0.1) is 5.82 Å². The van der Waals surface area contributed by atoms with E-state index in [1.54, 1.807) is 0 Å². The predicted molar refractivity (Wildman–Crippen MR) is 73.4 cm³/mol. The van der Waals surface area contributed by atoms with Gasteiger partial charge in [-0.05, 0) is 31.2 Å². The molecule has 2 heterocycles. The summed E-state index contributed by atoms with van der Waals surface area (Å²) in [5.41, 5.74) is 0.786. The molecule has 0 aliphatic rings. The van der Waals surface area contributed by atoms with Crippen LogP contribution in [0.2, 0.25) is 0 Å². The third-order valence-corrected chi connectivity index (χ3v) is 3.23. The Hall–Kier alpha value is -2.47. The second kappa shape index (κ2) is 4.82. The fourth-order valence-electron chi connectivity index (χ4n) is 2.21.